The molecule has 0 spiro atoms. The highest BCUT2D eigenvalue weighted by Gasteiger charge is 2.24. The molecule has 4 aromatic rings. The molecule has 4 aromatic carbocycles. The van der Waals surface area contributed by atoms with Gasteiger partial charge in [-0.3, -0.25) is 4.79 Å². The molecule has 0 bridgehead atoms. The van der Waals surface area contributed by atoms with E-state index in [-0.39, 0.29) is 5.91 Å². The lowest BCUT2D eigenvalue weighted by Crippen LogP contribution is -2.09. The van der Waals surface area contributed by atoms with Crippen LogP contribution in [0.15, 0.2) is 103 Å². The first-order valence-corrected chi connectivity index (χ1v) is 10.4. The van der Waals surface area contributed by atoms with Gasteiger partial charge in [-0.25, -0.2) is 0 Å². The molecule has 1 aliphatic rings. The van der Waals surface area contributed by atoms with Gasteiger partial charge in [0, 0.05) is 33.2 Å². The number of hydrogen-bond donors (Lipinski definition) is 1. The lowest BCUT2D eigenvalue weighted by Gasteiger charge is -2.25. The zero-order valence-corrected chi connectivity index (χ0v) is 17.4. The first-order valence-electron chi connectivity index (χ1n) is 10.0. The molecule has 0 aliphatic carbocycles. The van der Waals surface area contributed by atoms with Crippen LogP contribution in [0.5, 0.6) is 0 Å². The van der Waals surface area contributed by atoms with Crippen molar-refractivity contribution in [2.45, 2.75) is 0 Å². The lowest BCUT2D eigenvalue weighted by molar-refractivity contribution is -0.110. The quantitative estimate of drug-likeness (QED) is 0.350. The van der Waals surface area contributed by atoms with E-state index in [1.165, 1.54) is 0 Å². The van der Waals surface area contributed by atoms with Crippen LogP contribution in [-0.2, 0) is 4.79 Å². The minimum atomic E-state index is -0.114. The Morgan fingerprint density at radius 1 is 0.710 bits per heavy atom. The molecule has 0 saturated heterocycles. The SMILES string of the molecule is O=C1Nc2cc(Cl)ccc2C1=Cc1ccc(N(c2ccccc2)c2ccccc2)cc1. The van der Waals surface area contributed by atoms with E-state index in [9.17, 15) is 4.79 Å². The Labute approximate surface area is 186 Å². The van der Waals surface area contributed by atoms with Gasteiger partial charge >= 0.3 is 0 Å². The van der Waals surface area contributed by atoms with Crippen molar-refractivity contribution >= 4 is 51.9 Å². The first kappa shape index (κ1) is 19.2. The van der Waals surface area contributed by atoms with Crippen LogP contribution in [0.2, 0.25) is 5.02 Å². The predicted molar refractivity (Wildman–Crippen MR) is 129 cm³/mol. The summed E-state index contributed by atoms with van der Waals surface area (Å²) in [6.45, 7) is 0. The van der Waals surface area contributed by atoms with Gasteiger partial charge in [0.25, 0.3) is 5.91 Å². The Morgan fingerprint density at radius 2 is 1.29 bits per heavy atom. The standard InChI is InChI=1S/C27H19ClN2O/c28-20-13-16-24-25(27(31)29-26(24)18-20)17-19-11-14-23(15-12-19)30(21-7-3-1-4-8-21)22-9-5-2-6-10-22/h1-18H,(H,29,31). The number of amides is 1. The molecule has 150 valence electrons. The Morgan fingerprint density at radius 3 is 1.90 bits per heavy atom. The summed E-state index contributed by atoms with van der Waals surface area (Å²) in [5.74, 6) is -0.114. The summed E-state index contributed by atoms with van der Waals surface area (Å²) in [4.78, 5) is 14.7. The Bertz CT molecular complexity index is 1230. The second-order valence-electron chi connectivity index (χ2n) is 7.30. The van der Waals surface area contributed by atoms with E-state index in [4.69, 9.17) is 11.6 Å². The van der Waals surface area contributed by atoms with Crippen molar-refractivity contribution in [3.05, 3.63) is 119 Å². The van der Waals surface area contributed by atoms with Crippen LogP contribution in [0.3, 0.4) is 0 Å². The highest BCUT2D eigenvalue weighted by Crippen LogP contribution is 2.36. The van der Waals surface area contributed by atoms with Gasteiger partial charge in [-0.15, -0.1) is 0 Å². The zero-order valence-electron chi connectivity index (χ0n) is 16.6. The van der Waals surface area contributed by atoms with Crippen LogP contribution in [0.25, 0.3) is 11.6 Å². The third-order valence-electron chi connectivity index (χ3n) is 5.26. The first-order chi connectivity index (χ1) is 15.2. The van der Waals surface area contributed by atoms with Gasteiger partial charge in [0.05, 0.1) is 5.69 Å². The maximum Gasteiger partial charge on any atom is 0.256 e. The average Bonchev–Trinajstić information content (AvgIpc) is 3.10. The van der Waals surface area contributed by atoms with Crippen molar-refractivity contribution in [3.63, 3.8) is 0 Å². The van der Waals surface area contributed by atoms with E-state index in [0.717, 1.165) is 33.9 Å². The van der Waals surface area contributed by atoms with Gasteiger partial charge in [0.1, 0.15) is 0 Å². The number of rotatable bonds is 4. The third-order valence-corrected chi connectivity index (χ3v) is 5.49. The third kappa shape index (κ3) is 3.83. The molecule has 0 fully saturated rings. The van der Waals surface area contributed by atoms with Crippen LogP contribution in [0, 0.1) is 0 Å². The molecule has 3 nitrogen and oxygen atoms in total. The number of benzene rings is 4. The number of fused-ring (bicyclic) bond motifs is 1. The van der Waals surface area contributed by atoms with Crippen molar-refractivity contribution in [1.82, 2.24) is 0 Å². The van der Waals surface area contributed by atoms with Gasteiger partial charge in [-0.2, -0.15) is 0 Å². The number of nitrogens with one attached hydrogen (secondary N) is 1. The molecule has 1 amide bonds. The van der Waals surface area contributed by atoms with Gasteiger partial charge in [-0.05, 0) is 60.2 Å². The molecule has 4 heteroatoms. The minimum Gasteiger partial charge on any atom is -0.321 e. The fraction of sp³-hybridized carbons (Fsp3) is 0. The molecular weight excluding hydrogens is 404 g/mol. The summed E-state index contributed by atoms with van der Waals surface area (Å²) >= 11 is 6.05. The molecule has 31 heavy (non-hydrogen) atoms. The van der Waals surface area contributed by atoms with E-state index >= 15 is 0 Å². The summed E-state index contributed by atoms with van der Waals surface area (Å²) in [5, 5.41) is 3.48. The average molecular weight is 423 g/mol. The van der Waals surface area contributed by atoms with E-state index in [0.29, 0.717) is 10.6 Å². The fourth-order valence-electron chi connectivity index (χ4n) is 3.80. The maximum absolute atomic E-state index is 12.5. The largest absolute Gasteiger partial charge is 0.321 e. The van der Waals surface area contributed by atoms with Crippen molar-refractivity contribution in [2.24, 2.45) is 0 Å². The second-order valence-corrected chi connectivity index (χ2v) is 7.74. The summed E-state index contributed by atoms with van der Waals surface area (Å²) < 4.78 is 0. The van der Waals surface area contributed by atoms with E-state index in [1.807, 2.05) is 60.7 Å². The number of anilines is 4. The van der Waals surface area contributed by atoms with E-state index in [1.54, 1.807) is 12.1 Å². The molecule has 1 aliphatic heterocycles. The van der Waals surface area contributed by atoms with Gasteiger partial charge in [-0.1, -0.05) is 66.2 Å². The van der Waals surface area contributed by atoms with Crippen LogP contribution in [0.1, 0.15) is 11.1 Å². The van der Waals surface area contributed by atoms with Crippen molar-refractivity contribution < 1.29 is 4.79 Å². The fourth-order valence-corrected chi connectivity index (χ4v) is 3.97. The smallest absolute Gasteiger partial charge is 0.256 e. The minimum absolute atomic E-state index is 0.114. The molecule has 5 rings (SSSR count). The van der Waals surface area contributed by atoms with Crippen molar-refractivity contribution in [2.75, 3.05) is 10.2 Å². The molecule has 0 saturated carbocycles. The number of halogens is 1. The van der Waals surface area contributed by atoms with Crippen LogP contribution in [0.4, 0.5) is 22.7 Å². The van der Waals surface area contributed by atoms with E-state index in [2.05, 4.69) is 46.6 Å². The van der Waals surface area contributed by atoms with E-state index < -0.39 is 0 Å². The summed E-state index contributed by atoms with van der Waals surface area (Å²) in [5.41, 5.74) is 6.43. The molecule has 1 N–H and O–H groups in total. The number of nitrogens with zero attached hydrogens (tertiary/aromatic N) is 1. The maximum atomic E-state index is 12.5. The Hall–Kier alpha value is -3.82. The zero-order chi connectivity index (χ0) is 21.2. The van der Waals surface area contributed by atoms with Gasteiger partial charge < -0.3 is 10.2 Å². The summed E-state index contributed by atoms with van der Waals surface area (Å²) in [7, 11) is 0. The summed E-state index contributed by atoms with van der Waals surface area (Å²) in [6, 6.07) is 34.2. The number of carbonyl (C=O) groups is 1. The monoisotopic (exact) mass is 422 g/mol. The lowest BCUT2D eigenvalue weighted by atomic mass is 10.0. The second kappa shape index (κ2) is 8.13. The predicted octanol–water partition coefficient (Wildman–Crippen LogP) is 7.30. The van der Waals surface area contributed by atoms with Gasteiger partial charge in [0.15, 0.2) is 0 Å². The number of hydrogen-bond acceptors (Lipinski definition) is 2. The highest BCUT2D eigenvalue weighted by molar-refractivity contribution is 6.36. The van der Waals surface area contributed by atoms with Crippen molar-refractivity contribution in [1.29, 1.82) is 0 Å². The summed E-state index contributed by atoms with van der Waals surface area (Å²) in [6.07, 6.45) is 1.91. The number of carbonyl (C=O) groups excluding carboxylic acids is 1. The molecule has 0 aromatic heterocycles. The molecule has 0 atom stereocenters. The Balaban J connectivity index is 1.51. The molecule has 0 radical (unpaired) electrons. The molecular formula is C27H19ClN2O. The number of para-hydroxylation sites is 2. The molecule has 0 unspecified atom stereocenters. The van der Waals surface area contributed by atoms with Crippen LogP contribution in [-0.4, -0.2) is 5.91 Å². The van der Waals surface area contributed by atoms with Crippen LogP contribution >= 0.6 is 11.6 Å². The van der Waals surface area contributed by atoms with Crippen molar-refractivity contribution in [3.8, 4) is 0 Å². The Kier molecular flexibility index (Phi) is 5.03. The topological polar surface area (TPSA) is 32.3 Å². The van der Waals surface area contributed by atoms with Gasteiger partial charge in [0.2, 0.25) is 0 Å². The van der Waals surface area contributed by atoms with Crippen LogP contribution < -0.4 is 10.2 Å². The normalized spacial score (nSPS) is 13.7. The highest BCUT2D eigenvalue weighted by atomic mass is 35.5. The molecule has 1 heterocycles.